The van der Waals surface area contributed by atoms with Crippen molar-refractivity contribution in [3.63, 3.8) is 0 Å². The summed E-state index contributed by atoms with van der Waals surface area (Å²) in [5, 5.41) is 19.1. The number of carbonyl (C=O) groups excluding carboxylic acids is 1. The molecule has 1 aliphatic rings. The molecule has 1 aromatic rings. The average molecular weight is 280 g/mol. The van der Waals surface area contributed by atoms with Gasteiger partial charge in [-0.2, -0.15) is 0 Å². The van der Waals surface area contributed by atoms with E-state index in [1.165, 1.54) is 23.7 Å². The monoisotopic (exact) mass is 280 g/mol. The molecule has 110 valence electrons. The van der Waals surface area contributed by atoms with Crippen molar-refractivity contribution in [1.29, 1.82) is 0 Å². The SMILES string of the molecule is O=C(O)Cc1cn(CC(=O)NC2CCCCCC2)nn1. The molecule has 1 amide bonds. The van der Waals surface area contributed by atoms with Gasteiger partial charge in [0.05, 0.1) is 12.1 Å². The summed E-state index contributed by atoms with van der Waals surface area (Å²) in [6, 6.07) is 0.256. The molecule has 2 rings (SSSR count). The largest absolute Gasteiger partial charge is 0.481 e. The van der Waals surface area contributed by atoms with Gasteiger partial charge in [0.1, 0.15) is 6.54 Å². The number of hydrogen-bond acceptors (Lipinski definition) is 4. The predicted molar refractivity (Wildman–Crippen MR) is 71.0 cm³/mol. The lowest BCUT2D eigenvalue weighted by Gasteiger charge is -2.15. The number of hydrogen-bond donors (Lipinski definition) is 2. The zero-order valence-corrected chi connectivity index (χ0v) is 11.4. The second-order valence-electron chi connectivity index (χ2n) is 5.23. The van der Waals surface area contributed by atoms with Crippen LogP contribution in [0.2, 0.25) is 0 Å². The van der Waals surface area contributed by atoms with Gasteiger partial charge < -0.3 is 10.4 Å². The quantitative estimate of drug-likeness (QED) is 0.775. The number of nitrogens with zero attached hydrogens (tertiary/aromatic N) is 3. The van der Waals surface area contributed by atoms with E-state index in [1.54, 1.807) is 0 Å². The second-order valence-corrected chi connectivity index (χ2v) is 5.23. The highest BCUT2D eigenvalue weighted by molar-refractivity contribution is 5.76. The molecule has 0 atom stereocenters. The van der Waals surface area contributed by atoms with E-state index in [0.29, 0.717) is 5.69 Å². The number of nitrogens with one attached hydrogen (secondary N) is 1. The number of carboxylic acid groups (broad SMARTS) is 1. The van der Waals surface area contributed by atoms with Gasteiger partial charge in [0, 0.05) is 12.2 Å². The van der Waals surface area contributed by atoms with Gasteiger partial charge in [-0.1, -0.05) is 30.9 Å². The highest BCUT2D eigenvalue weighted by atomic mass is 16.4. The van der Waals surface area contributed by atoms with Gasteiger partial charge in [0.25, 0.3) is 0 Å². The topological polar surface area (TPSA) is 97.1 Å². The molecule has 7 nitrogen and oxygen atoms in total. The molecule has 0 radical (unpaired) electrons. The lowest BCUT2D eigenvalue weighted by molar-refractivity contribution is -0.136. The molecule has 0 aromatic carbocycles. The fourth-order valence-electron chi connectivity index (χ4n) is 2.50. The summed E-state index contributed by atoms with van der Waals surface area (Å²) in [7, 11) is 0. The maximum Gasteiger partial charge on any atom is 0.309 e. The third-order valence-corrected chi connectivity index (χ3v) is 3.44. The molecule has 0 spiro atoms. The van der Waals surface area contributed by atoms with E-state index >= 15 is 0 Å². The highest BCUT2D eigenvalue weighted by Gasteiger charge is 2.15. The first-order chi connectivity index (χ1) is 9.63. The van der Waals surface area contributed by atoms with Gasteiger partial charge in [-0.25, -0.2) is 4.68 Å². The Balaban J connectivity index is 1.81. The van der Waals surface area contributed by atoms with Crippen LogP contribution < -0.4 is 5.32 Å². The lowest BCUT2D eigenvalue weighted by Crippen LogP contribution is -2.36. The van der Waals surface area contributed by atoms with Crippen LogP contribution in [0.4, 0.5) is 0 Å². The summed E-state index contributed by atoms with van der Waals surface area (Å²) in [4.78, 5) is 22.4. The molecule has 7 heteroatoms. The van der Waals surface area contributed by atoms with E-state index in [-0.39, 0.29) is 24.9 Å². The molecule has 0 saturated heterocycles. The van der Waals surface area contributed by atoms with E-state index in [2.05, 4.69) is 15.6 Å². The van der Waals surface area contributed by atoms with Gasteiger partial charge in [-0.05, 0) is 12.8 Å². The molecule has 2 N–H and O–H groups in total. The normalized spacial score (nSPS) is 16.6. The van der Waals surface area contributed by atoms with Crippen LogP contribution in [0.1, 0.15) is 44.2 Å². The summed E-state index contributed by atoms with van der Waals surface area (Å²) in [6.45, 7) is 0.0864. The lowest BCUT2D eigenvalue weighted by atomic mass is 10.1. The number of carbonyl (C=O) groups is 2. The van der Waals surface area contributed by atoms with Crippen molar-refractivity contribution in [3.8, 4) is 0 Å². The van der Waals surface area contributed by atoms with Crippen molar-refractivity contribution in [2.45, 2.75) is 57.5 Å². The molecule has 1 aromatic heterocycles. The van der Waals surface area contributed by atoms with Crippen LogP contribution in [-0.2, 0) is 22.6 Å². The molecule has 1 aliphatic carbocycles. The molecule has 0 aliphatic heterocycles. The number of aromatic nitrogens is 3. The van der Waals surface area contributed by atoms with Gasteiger partial charge in [-0.3, -0.25) is 9.59 Å². The predicted octanol–water partition coefficient (Wildman–Crippen LogP) is 0.744. The Bertz CT molecular complexity index is 464. The Morgan fingerprint density at radius 3 is 2.65 bits per heavy atom. The molecule has 1 fully saturated rings. The molecular weight excluding hydrogens is 260 g/mol. The van der Waals surface area contributed by atoms with Crippen LogP contribution in [0.15, 0.2) is 6.20 Å². The van der Waals surface area contributed by atoms with Crippen LogP contribution in [0.25, 0.3) is 0 Å². The van der Waals surface area contributed by atoms with Crippen molar-refractivity contribution in [2.24, 2.45) is 0 Å². The minimum Gasteiger partial charge on any atom is -0.481 e. The Kier molecular flexibility index (Phi) is 5.09. The Hall–Kier alpha value is -1.92. The molecular formula is C13H20N4O3. The van der Waals surface area contributed by atoms with Crippen LogP contribution in [0.5, 0.6) is 0 Å². The smallest absolute Gasteiger partial charge is 0.309 e. The molecule has 0 bridgehead atoms. The maximum atomic E-state index is 11.9. The highest BCUT2D eigenvalue weighted by Crippen LogP contribution is 2.17. The van der Waals surface area contributed by atoms with Crippen LogP contribution >= 0.6 is 0 Å². The van der Waals surface area contributed by atoms with Crippen LogP contribution in [-0.4, -0.2) is 38.0 Å². The summed E-state index contributed by atoms with van der Waals surface area (Å²) in [6.07, 6.45) is 8.21. The van der Waals surface area contributed by atoms with E-state index in [9.17, 15) is 9.59 Å². The van der Waals surface area contributed by atoms with Gasteiger partial charge in [-0.15, -0.1) is 5.10 Å². The van der Waals surface area contributed by atoms with E-state index in [0.717, 1.165) is 25.7 Å². The van der Waals surface area contributed by atoms with Crippen molar-refractivity contribution >= 4 is 11.9 Å². The first kappa shape index (κ1) is 14.5. The van der Waals surface area contributed by atoms with Crippen molar-refractivity contribution in [1.82, 2.24) is 20.3 Å². The zero-order valence-electron chi connectivity index (χ0n) is 11.4. The van der Waals surface area contributed by atoms with E-state index < -0.39 is 5.97 Å². The van der Waals surface area contributed by atoms with Crippen molar-refractivity contribution in [3.05, 3.63) is 11.9 Å². The van der Waals surface area contributed by atoms with Crippen LogP contribution in [0, 0.1) is 0 Å². The third kappa shape index (κ3) is 4.64. The number of aliphatic carboxylic acids is 1. The zero-order chi connectivity index (χ0) is 14.4. The number of carboxylic acids is 1. The third-order valence-electron chi connectivity index (χ3n) is 3.44. The summed E-state index contributed by atoms with van der Waals surface area (Å²) in [5.74, 6) is -1.05. The molecule has 0 unspecified atom stereocenters. The Morgan fingerprint density at radius 1 is 1.30 bits per heavy atom. The maximum absolute atomic E-state index is 11.9. The molecule has 20 heavy (non-hydrogen) atoms. The fourth-order valence-corrected chi connectivity index (χ4v) is 2.50. The summed E-state index contributed by atoms with van der Waals surface area (Å²) >= 11 is 0. The minimum atomic E-state index is -0.958. The van der Waals surface area contributed by atoms with Crippen molar-refractivity contribution < 1.29 is 14.7 Å². The fraction of sp³-hybridized carbons (Fsp3) is 0.692. The van der Waals surface area contributed by atoms with Gasteiger partial charge in [0.2, 0.25) is 5.91 Å². The molecule has 1 saturated carbocycles. The molecule has 1 heterocycles. The van der Waals surface area contributed by atoms with Crippen LogP contribution in [0.3, 0.4) is 0 Å². The number of rotatable bonds is 5. The van der Waals surface area contributed by atoms with Gasteiger partial charge in [0.15, 0.2) is 0 Å². The van der Waals surface area contributed by atoms with E-state index in [4.69, 9.17) is 5.11 Å². The Labute approximate surface area is 117 Å². The van der Waals surface area contributed by atoms with Crippen molar-refractivity contribution in [2.75, 3.05) is 0 Å². The first-order valence-corrected chi connectivity index (χ1v) is 7.03. The second kappa shape index (κ2) is 7.02. The van der Waals surface area contributed by atoms with E-state index in [1.807, 2.05) is 0 Å². The van der Waals surface area contributed by atoms with Gasteiger partial charge >= 0.3 is 5.97 Å². The first-order valence-electron chi connectivity index (χ1n) is 7.03. The number of amides is 1. The Morgan fingerprint density at radius 2 is 2.00 bits per heavy atom. The minimum absolute atomic E-state index is 0.0864. The summed E-state index contributed by atoms with van der Waals surface area (Å²) in [5.41, 5.74) is 0.361. The average Bonchev–Trinajstić information content (AvgIpc) is 2.63. The standard InChI is InChI=1S/C13H20N4O3/c18-12(14-10-5-3-1-2-4-6-10)9-17-8-11(15-16-17)7-13(19)20/h8,10H,1-7,9H2,(H,14,18)(H,19,20). The summed E-state index contributed by atoms with van der Waals surface area (Å²) < 4.78 is 1.38.